The van der Waals surface area contributed by atoms with Gasteiger partial charge in [0.2, 0.25) is 0 Å². The van der Waals surface area contributed by atoms with Gasteiger partial charge in [-0.3, -0.25) is 9.67 Å². The minimum atomic E-state index is 0.300. The molecule has 98 valence electrons. The summed E-state index contributed by atoms with van der Waals surface area (Å²) in [6, 6.07) is 0.300. The third-order valence-electron chi connectivity index (χ3n) is 2.90. The Hall–Kier alpha value is -0.720. The van der Waals surface area contributed by atoms with Crippen LogP contribution in [0.15, 0.2) is 16.2 Å². The lowest BCUT2D eigenvalue weighted by Gasteiger charge is -2.16. The van der Waals surface area contributed by atoms with E-state index in [0.717, 1.165) is 23.1 Å². The third-order valence-corrected chi connectivity index (χ3v) is 4.83. The molecule has 1 unspecified atom stereocenters. The largest absolute Gasteiger partial charge is 0.309 e. The molecule has 2 rings (SSSR count). The summed E-state index contributed by atoms with van der Waals surface area (Å²) in [6.45, 7) is 5.08. The van der Waals surface area contributed by atoms with Gasteiger partial charge in [-0.15, -0.1) is 11.3 Å². The summed E-state index contributed by atoms with van der Waals surface area (Å²) in [5, 5.41) is 7.94. The van der Waals surface area contributed by atoms with E-state index in [4.69, 9.17) is 0 Å². The van der Waals surface area contributed by atoms with Crippen molar-refractivity contribution in [3.8, 4) is 0 Å². The van der Waals surface area contributed by atoms with Crippen LogP contribution in [0.2, 0.25) is 0 Å². The molecule has 2 aromatic rings. The van der Waals surface area contributed by atoms with Crippen LogP contribution >= 0.6 is 27.3 Å². The summed E-state index contributed by atoms with van der Waals surface area (Å²) in [7, 11) is 1.99. The number of hydrogen-bond donors (Lipinski definition) is 1. The summed E-state index contributed by atoms with van der Waals surface area (Å²) in [6.07, 6.45) is 2.85. The number of likely N-dealkylation sites (N-methyl/N-ethyl adjacent to an activating group) is 1. The first-order chi connectivity index (χ1) is 8.63. The Morgan fingerprint density at radius 3 is 2.83 bits per heavy atom. The van der Waals surface area contributed by atoms with Crippen LogP contribution in [-0.4, -0.2) is 21.3 Å². The van der Waals surface area contributed by atoms with Gasteiger partial charge in [0.25, 0.3) is 0 Å². The standard InChI is InChI=1S/C12H17BrN4S/c1-4-15-9(11-6-14-7-18-11)5-10-12(13)8(2)16-17(10)3/h6-7,9,15H,4-5H2,1-3H3. The molecule has 1 N–H and O–H groups in total. The van der Waals surface area contributed by atoms with Crippen molar-refractivity contribution in [2.45, 2.75) is 26.3 Å². The maximum atomic E-state index is 4.43. The predicted molar refractivity (Wildman–Crippen MR) is 77.9 cm³/mol. The first-order valence-corrected chi connectivity index (χ1v) is 7.60. The second-order valence-electron chi connectivity index (χ2n) is 4.19. The van der Waals surface area contributed by atoms with Crippen LogP contribution in [0.5, 0.6) is 0 Å². The van der Waals surface area contributed by atoms with Crippen molar-refractivity contribution < 1.29 is 0 Å². The molecule has 0 fully saturated rings. The van der Waals surface area contributed by atoms with Crippen LogP contribution < -0.4 is 5.32 Å². The Morgan fingerprint density at radius 1 is 1.56 bits per heavy atom. The zero-order chi connectivity index (χ0) is 13.1. The molecule has 0 aliphatic heterocycles. The molecule has 2 heterocycles. The van der Waals surface area contributed by atoms with Crippen LogP contribution in [0.4, 0.5) is 0 Å². The van der Waals surface area contributed by atoms with Crippen molar-refractivity contribution in [1.29, 1.82) is 0 Å². The van der Waals surface area contributed by atoms with Gasteiger partial charge >= 0.3 is 0 Å². The van der Waals surface area contributed by atoms with E-state index in [2.05, 4.69) is 38.3 Å². The van der Waals surface area contributed by atoms with E-state index in [-0.39, 0.29) is 0 Å². The van der Waals surface area contributed by atoms with Crippen LogP contribution in [0.25, 0.3) is 0 Å². The molecular weight excluding hydrogens is 312 g/mol. The molecule has 0 aromatic carbocycles. The predicted octanol–water partition coefficient (Wildman–Crippen LogP) is 2.84. The Kier molecular flexibility index (Phi) is 4.53. The number of thiazole rings is 1. The number of nitrogens with zero attached hydrogens (tertiary/aromatic N) is 3. The van der Waals surface area contributed by atoms with Crippen molar-refractivity contribution >= 4 is 27.3 Å². The molecule has 18 heavy (non-hydrogen) atoms. The summed E-state index contributed by atoms with van der Waals surface area (Å²) in [5.41, 5.74) is 4.13. The zero-order valence-electron chi connectivity index (χ0n) is 10.8. The fourth-order valence-electron chi connectivity index (χ4n) is 2.01. The topological polar surface area (TPSA) is 42.7 Å². The lowest BCUT2D eigenvalue weighted by molar-refractivity contribution is 0.534. The second kappa shape index (κ2) is 5.95. The molecule has 0 saturated carbocycles. The summed E-state index contributed by atoms with van der Waals surface area (Å²) in [5.74, 6) is 0. The third kappa shape index (κ3) is 2.81. The van der Waals surface area contributed by atoms with E-state index in [1.54, 1.807) is 11.3 Å². The minimum absolute atomic E-state index is 0.300. The minimum Gasteiger partial charge on any atom is -0.309 e. The molecular formula is C12H17BrN4S. The van der Waals surface area contributed by atoms with E-state index in [1.807, 2.05) is 30.4 Å². The molecule has 2 aromatic heterocycles. The smallest absolute Gasteiger partial charge is 0.0794 e. The maximum absolute atomic E-state index is 4.43. The summed E-state index contributed by atoms with van der Waals surface area (Å²) in [4.78, 5) is 5.43. The molecule has 0 aliphatic rings. The van der Waals surface area contributed by atoms with Crippen molar-refractivity contribution in [2.75, 3.05) is 6.54 Å². The maximum Gasteiger partial charge on any atom is 0.0794 e. The van der Waals surface area contributed by atoms with Gasteiger partial charge in [-0.2, -0.15) is 5.10 Å². The van der Waals surface area contributed by atoms with E-state index in [0.29, 0.717) is 6.04 Å². The monoisotopic (exact) mass is 328 g/mol. The number of hydrogen-bond acceptors (Lipinski definition) is 4. The zero-order valence-corrected chi connectivity index (χ0v) is 13.2. The summed E-state index contributed by atoms with van der Waals surface area (Å²) >= 11 is 5.31. The van der Waals surface area contributed by atoms with Crippen LogP contribution in [-0.2, 0) is 13.5 Å². The van der Waals surface area contributed by atoms with Gasteiger partial charge in [-0.05, 0) is 29.4 Å². The van der Waals surface area contributed by atoms with Crippen molar-refractivity contribution in [2.24, 2.45) is 7.05 Å². The fourth-order valence-corrected chi connectivity index (χ4v) is 3.21. The SMILES string of the molecule is CCNC(Cc1c(Br)c(C)nn1C)c1cncs1. The number of rotatable bonds is 5. The molecule has 6 heteroatoms. The van der Waals surface area contributed by atoms with E-state index < -0.39 is 0 Å². The number of nitrogens with one attached hydrogen (secondary N) is 1. The van der Waals surface area contributed by atoms with Gasteiger partial charge in [-0.25, -0.2) is 0 Å². The quantitative estimate of drug-likeness (QED) is 0.917. The highest BCUT2D eigenvalue weighted by molar-refractivity contribution is 9.10. The summed E-state index contributed by atoms with van der Waals surface area (Å²) < 4.78 is 3.06. The molecule has 0 saturated heterocycles. The first-order valence-electron chi connectivity index (χ1n) is 5.93. The van der Waals surface area contributed by atoms with Gasteiger partial charge in [0.1, 0.15) is 0 Å². The highest BCUT2D eigenvalue weighted by Crippen LogP contribution is 2.27. The van der Waals surface area contributed by atoms with Gasteiger partial charge in [0.15, 0.2) is 0 Å². The number of aryl methyl sites for hydroxylation is 2. The Balaban J connectivity index is 2.24. The van der Waals surface area contributed by atoms with Gasteiger partial charge < -0.3 is 5.32 Å². The Bertz CT molecular complexity index is 506. The van der Waals surface area contributed by atoms with E-state index in [9.17, 15) is 0 Å². The van der Waals surface area contributed by atoms with Crippen molar-refractivity contribution in [3.63, 3.8) is 0 Å². The Labute approximate surface area is 120 Å². The molecule has 0 spiro atoms. The highest BCUT2D eigenvalue weighted by Gasteiger charge is 2.18. The molecule has 1 atom stereocenters. The molecule has 0 amide bonds. The number of aromatic nitrogens is 3. The fraction of sp³-hybridized carbons (Fsp3) is 0.500. The normalized spacial score (nSPS) is 12.9. The van der Waals surface area contributed by atoms with Gasteiger partial charge in [-0.1, -0.05) is 6.92 Å². The lowest BCUT2D eigenvalue weighted by Crippen LogP contribution is -2.23. The van der Waals surface area contributed by atoms with Crippen LogP contribution in [0.1, 0.15) is 29.2 Å². The molecule has 0 radical (unpaired) electrons. The number of halogens is 1. The average Bonchev–Trinajstić information content (AvgIpc) is 2.93. The second-order valence-corrected chi connectivity index (χ2v) is 5.90. The molecule has 0 aliphatic carbocycles. The molecule has 4 nitrogen and oxygen atoms in total. The van der Waals surface area contributed by atoms with E-state index >= 15 is 0 Å². The highest BCUT2D eigenvalue weighted by atomic mass is 79.9. The van der Waals surface area contributed by atoms with Crippen LogP contribution in [0, 0.1) is 6.92 Å². The Morgan fingerprint density at radius 2 is 2.33 bits per heavy atom. The molecule has 0 bridgehead atoms. The van der Waals surface area contributed by atoms with Gasteiger partial charge in [0, 0.05) is 30.6 Å². The van der Waals surface area contributed by atoms with Gasteiger partial charge in [0.05, 0.1) is 21.4 Å². The first kappa shape index (κ1) is 13.7. The van der Waals surface area contributed by atoms with Crippen molar-refractivity contribution in [1.82, 2.24) is 20.1 Å². The van der Waals surface area contributed by atoms with Crippen LogP contribution in [0.3, 0.4) is 0 Å². The average molecular weight is 329 g/mol. The lowest BCUT2D eigenvalue weighted by atomic mass is 10.1. The van der Waals surface area contributed by atoms with E-state index in [1.165, 1.54) is 10.6 Å². The van der Waals surface area contributed by atoms with Crippen molar-refractivity contribution in [3.05, 3.63) is 32.4 Å².